The van der Waals surface area contributed by atoms with Crippen molar-refractivity contribution in [3.8, 4) is 5.75 Å². The fourth-order valence-electron chi connectivity index (χ4n) is 3.26. The summed E-state index contributed by atoms with van der Waals surface area (Å²) in [5.41, 5.74) is 2.04. The highest BCUT2D eigenvalue weighted by Crippen LogP contribution is 2.33. The van der Waals surface area contributed by atoms with Gasteiger partial charge in [-0.1, -0.05) is 55.8 Å². The van der Waals surface area contributed by atoms with Gasteiger partial charge in [-0.3, -0.25) is 4.79 Å². The van der Waals surface area contributed by atoms with Crippen LogP contribution < -0.4 is 10.1 Å². The van der Waals surface area contributed by atoms with Crippen LogP contribution in [0, 0.1) is 5.92 Å². The molecule has 2 aromatic rings. The van der Waals surface area contributed by atoms with E-state index in [-0.39, 0.29) is 23.8 Å². The van der Waals surface area contributed by atoms with Crippen LogP contribution in [0.5, 0.6) is 5.75 Å². The molecule has 24 heavy (non-hydrogen) atoms. The number of fused-ring (bicyclic) bond motifs is 1. The van der Waals surface area contributed by atoms with Crippen molar-refractivity contribution in [3.63, 3.8) is 0 Å². The first-order valence-electron chi connectivity index (χ1n) is 8.34. The minimum absolute atomic E-state index is 0.00370. The molecule has 1 N–H and O–H groups in total. The maximum atomic E-state index is 13.0. The summed E-state index contributed by atoms with van der Waals surface area (Å²) in [6, 6.07) is 15.4. The van der Waals surface area contributed by atoms with Crippen LogP contribution in [0.4, 0.5) is 0 Å². The van der Waals surface area contributed by atoms with Gasteiger partial charge >= 0.3 is 0 Å². The number of carbonyl (C=O) groups excluding carboxylic acids is 1. The molecule has 0 bridgehead atoms. The number of ether oxygens (including phenoxy) is 1. The van der Waals surface area contributed by atoms with Gasteiger partial charge in [-0.05, 0) is 29.7 Å². The minimum Gasteiger partial charge on any atom is -0.493 e. The smallest absolute Gasteiger partial charge is 0.228 e. The first kappa shape index (κ1) is 16.8. The van der Waals surface area contributed by atoms with Crippen LogP contribution in [0.1, 0.15) is 43.4 Å². The molecule has 0 radical (unpaired) electrons. The predicted molar refractivity (Wildman–Crippen MR) is 96.5 cm³/mol. The number of halogens is 1. The highest BCUT2D eigenvalue weighted by atomic mass is 35.5. The van der Waals surface area contributed by atoms with E-state index in [4.69, 9.17) is 16.3 Å². The quantitative estimate of drug-likeness (QED) is 0.872. The third kappa shape index (κ3) is 3.57. The molecule has 2 aromatic carbocycles. The Labute approximate surface area is 148 Å². The molecule has 1 heterocycles. The van der Waals surface area contributed by atoms with Crippen LogP contribution in [0.25, 0.3) is 0 Å². The third-order valence-corrected chi connectivity index (χ3v) is 4.71. The molecule has 3 nitrogen and oxygen atoms in total. The lowest BCUT2D eigenvalue weighted by Crippen LogP contribution is -2.37. The Morgan fingerprint density at radius 1 is 1.17 bits per heavy atom. The summed E-state index contributed by atoms with van der Waals surface area (Å²) in [5.74, 6) is 0.911. The molecule has 0 aromatic heterocycles. The van der Waals surface area contributed by atoms with Crippen molar-refractivity contribution in [3.05, 3.63) is 64.7 Å². The van der Waals surface area contributed by atoms with Gasteiger partial charge in [0.15, 0.2) is 0 Å². The van der Waals surface area contributed by atoms with E-state index in [9.17, 15) is 4.79 Å². The maximum Gasteiger partial charge on any atom is 0.228 e. The normalized spacial score (nSPS) is 17.8. The number of para-hydroxylation sites is 1. The summed E-state index contributed by atoms with van der Waals surface area (Å²) in [6.45, 7) is 4.75. The molecule has 126 valence electrons. The van der Waals surface area contributed by atoms with Crippen molar-refractivity contribution in [2.24, 2.45) is 5.92 Å². The average Bonchev–Trinajstić information content (AvgIpc) is 2.57. The molecule has 4 heteroatoms. The van der Waals surface area contributed by atoms with Crippen molar-refractivity contribution in [2.45, 2.75) is 32.2 Å². The van der Waals surface area contributed by atoms with Gasteiger partial charge in [0, 0.05) is 17.0 Å². The Hall–Kier alpha value is -2.00. The zero-order valence-electron chi connectivity index (χ0n) is 14.0. The number of carbonyl (C=O) groups is 1. The minimum atomic E-state index is -0.197. The Morgan fingerprint density at radius 2 is 1.88 bits per heavy atom. The topological polar surface area (TPSA) is 38.3 Å². The van der Waals surface area contributed by atoms with Crippen LogP contribution in [-0.4, -0.2) is 12.5 Å². The van der Waals surface area contributed by atoms with E-state index in [0.29, 0.717) is 11.6 Å². The second-order valence-electron chi connectivity index (χ2n) is 6.51. The molecule has 1 amide bonds. The SMILES string of the molecule is CC(C)[C@H](C(=O)N[C@H]1CCOc2ccccc21)c1ccc(Cl)cc1. The van der Waals surface area contributed by atoms with Crippen molar-refractivity contribution >= 4 is 17.5 Å². The third-order valence-electron chi connectivity index (χ3n) is 4.45. The van der Waals surface area contributed by atoms with Gasteiger partial charge in [-0.25, -0.2) is 0 Å². The highest BCUT2D eigenvalue weighted by Gasteiger charge is 2.29. The van der Waals surface area contributed by atoms with Crippen molar-refractivity contribution in [1.82, 2.24) is 5.32 Å². The number of hydrogen-bond acceptors (Lipinski definition) is 2. The number of rotatable bonds is 4. The molecule has 0 aliphatic carbocycles. The molecule has 0 unspecified atom stereocenters. The first-order chi connectivity index (χ1) is 11.6. The Bertz CT molecular complexity index is 712. The van der Waals surface area contributed by atoms with E-state index in [1.807, 2.05) is 48.5 Å². The number of amides is 1. The molecular formula is C20H22ClNO2. The van der Waals surface area contributed by atoms with Crippen LogP contribution in [0.2, 0.25) is 5.02 Å². The number of nitrogens with one attached hydrogen (secondary N) is 1. The molecule has 1 aliphatic heterocycles. The largest absolute Gasteiger partial charge is 0.493 e. The maximum absolute atomic E-state index is 13.0. The van der Waals surface area contributed by atoms with Crippen molar-refractivity contribution in [2.75, 3.05) is 6.61 Å². The summed E-state index contributed by atoms with van der Waals surface area (Å²) in [6.07, 6.45) is 0.786. The van der Waals surface area contributed by atoms with Crippen LogP contribution >= 0.6 is 11.6 Å². The Morgan fingerprint density at radius 3 is 2.58 bits per heavy atom. The van der Waals surface area contributed by atoms with Gasteiger partial charge in [-0.15, -0.1) is 0 Å². The fourth-order valence-corrected chi connectivity index (χ4v) is 3.39. The number of hydrogen-bond donors (Lipinski definition) is 1. The predicted octanol–water partition coefficient (Wildman–Crippen LogP) is 4.72. The lowest BCUT2D eigenvalue weighted by Gasteiger charge is -2.29. The summed E-state index contributed by atoms with van der Waals surface area (Å²) >= 11 is 5.97. The van der Waals surface area contributed by atoms with E-state index in [2.05, 4.69) is 19.2 Å². The second-order valence-corrected chi connectivity index (χ2v) is 6.95. The molecular weight excluding hydrogens is 322 g/mol. The highest BCUT2D eigenvalue weighted by molar-refractivity contribution is 6.30. The molecule has 3 rings (SSSR count). The first-order valence-corrected chi connectivity index (χ1v) is 8.71. The average molecular weight is 344 g/mol. The van der Waals surface area contributed by atoms with E-state index < -0.39 is 0 Å². The monoisotopic (exact) mass is 343 g/mol. The Balaban J connectivity index is 1.81. The van der Waals surface area contributed by atoms with Crippen molar-refractivity contribution in [1.29, 1.82) is 0 Å². The summed E-state index contributed by atoms with van der Waals surface area (Å²) in [4.78, 5) is 13.0. The summed E-state index contributed by atoms with van der Waals surface area (Å²) < 4.78 is 5.68. The zero-order valence-corrected chi connectivity index (χ0v) is 14.7. The van der Waals surface area contributed by atoms with Crippen LogP contribution in [-0.2, 0) is 4.79 Å². The molecule has 0 fully saturated rings. The molecule has 0 saturated heterocycles. The van der Waals surface area contributed by atoms with Gasteiger partial charge in [0.2, 0.25) is 5.91 Å². The van der Waals surface area contributed by atoms with Gasteiger partial charge in [0.05, 0.1) is 18.6 Å². The molecule has 1 aliphatic rings. The molecule has 0 spiro atoms. The molecule has 0 saturated carbocycles. The summed E-state index contributed by atoms with van der Waals surface area (Å²) in [5, 5.41) is 3.90. The van der Waals surface area contributed by atoms with Crippen LogP contribution in [0.3, 0.4) is 0 Å². The van der Waals surface area contributed by atoms with Crippen LogP contribution in [0.15, 0.2) is 48.5 Å². The van der Waals surface area contributed by atoms with Gasteiger partial charge < -0.3 is 10.1 Å². The lowest BCUT2D eigenvalue weighted by molar-refractivity contribution is -0.124. The lowest BCUT2D eigenvalue weighted by atomic mass is 9.87. The second kappa shape index (κ2) is 7.27. The van der Waals surface area contributed by atoms with Crippen molar-refractivity contribution < 1.29 is 9.53 Å². The van der Waals surface area contributed by atoms with E-state index in [0.717, 1.165) is 23.3 Å². The van der Waals surface area contributed by atoms with Gasteiger partial charge in [0.25, 0.3) is 0 Å². The van der Waals surface area contributed by atoms with E-state index >= 15 is 0 Å². The number of benzene rings is 2. The standard InChI is InChI=1S/C20H22ClNO2/c1-13(2)19(14-7-9-15(21)10-8-14)20(23)22-17-11-12-24-18-6-4-3-5-16(17)18/h3-10,13,17,19H,11-12H2,1-2H3,(H,22,23)/t17-,19-/m0/s1. The van der Waals surface area contributed by atoms with Gasteiger partial charge in [0.1, 0.15) is 5.75 Å². The van der Waals surface area contributed by atoms with Gasteiger partial charge in [-0.2, -0.15) is 0 Å². The van der Waals surface area contributed by atoms with E-state index in [1.165, 1.54) is 0 Å². The fraction of sp³-hybridized carbons (Fsp3) is 0.350. The Kier molecular flexibility index (Phi) is 5.10. The zero-order chi connectivity index (χ0) is 17.1. The summed E-state index contributed by atoms with van der Waals surface area (Å²) in [7, 11) is 0. The molecule has 2 atom stereocenters. The van der Waals surface area contributed by atoms with E-state index in [1.54, 1.807) is 0 Å².